The van der Waals surface area contributed by atoms with Crippen LogP contribution in [-0.4, -0.2) is 28.0 Å². The number of thiophene rings is 1. The molecule has 3 aromatic rings. The van der Waals surface area contributed by atoms with Crippen LogP contribution in [-0.2, 0) is 16.4 Å². The van der Waals surface area contributed by atoms with Gasteiger partial charge >= 0.3 is 0 Å². The first-order valence-corrected chi connectivity index (χ1v) is 11.0. The first-order chi connectivity index (χ1) is 11.6. The lowest BCUT2D eigenvalue weighted by molar-refractivity contribution is 0.341. The molecular weight excluding hydrogens is 430 g/mol. The molecule has 0 aliphatic carbocycles. The van der Waals surface area contributed by atoms with E-state index in [1.54, 1.807) is 22.6 Å². The molecule has 124 valence electrons. The molecule has 0 saturated heterocycles. The molecule has 0 amide bonds. The number of halogens is 1. The summed E-state index contributed by atoms with van der Waals surface area (Å²) in [4.78, 5) is 0. The Bertz CT molecular complexity index is 970. The molecule has 0 fully saturated rings. The third-order valence-corrected chi connectivity index (χ3v) is 8.46. The van der Waals surface area contributed by atoms with E-state index in [4.69, 9.17) is 0 Å². The SMILES string of the molecule is O=S(=O)(c1ccc(Br)s1)N1CCc2ccccc2C1c1cnsn1. The van der Waals surface area contributed by atoms with Crippen molar-refractivity contribution in [2.75, 3.05) is 6.54 Å². The minimum Gasteiger partial charge on any atom is -0.206 e. The van der Waals surface area contributed by atoms with E-state index in [0.717, 1.165) is 26.6 Å². The molecule has 0 bridgehead atoms. The van der Waals surface area contributed by atoms with Gasteiger partial charge in [-0.3, -0.25) is 0 Å². The second kappa shape index (κ2) is 6.30. The van der Waals surface area contributed by atoms with Crippen molar-refractivity contribution >= 4 is 49.0 Å². The second-order valence-corrected chi connectivity index (χ2v) is 10.5. The maximum absolute atomic E-state index is 13.2. The average molecular weight is 442 g/mol. The fraction of sp³-hybridized carbons (Fsp3) is 0.200. The van der Waals surface area contributed by atoms with E-state index in [2.05, 4.69) is 24.7 Å². The number of rotatable bonds is 3. The van der Waals surface area contributed by atoms with E-state index in [0.29, 0.717) is 22.9 Å². The molecule has 0 spiro atoms. The molecule has 1 aromatic carbocycles. The largest absolute Gasteiger partial charge is 0.253 e. The smallest absolute Gasteiger partial charge is 0.206 e. The van der Waals surface area contributed by atoms with Gasteiger partial charge in [0.1, 0.15) is 4.21 Å². The van der Waals surface area contributed by atoms with E-state index < -0.39 is 16.1 Å². The predicted octanol–water partition coefficient (Wildman–Crippen LogP) is 3.70. The Morgan fingerprint density at radius 3 is 2.75 bits per heavy atom. The van der Waals surface area contributed by atoms with Crippen molar-refractivity contribution in [3.05, 3.63) is 63.2 Å². The molecular formula is C15H12BrN3O2S3. The van der Waals surface area contributed by atoms with Gasteiger partial charge in [0, 0.05) is 6.54 Å². The van der Waals surface area contributed by atoms with Crippen molar-refractivity contribution < 1.29 is 8.42 Å². The van der Waals surface area contributed by atoms with Gasteiger partial charge in [0.2, 0.25) is 0 Å². The summed E-state index contributed by atoms with van der Waals surface area (Å²) in [6.45, 7) is 0.428. The highest BCUT2D eigenvalue weighted by Crippen LogP contribution is 2.39. The quantitative estimate of drug-likeness (QED) is 0.621. The highest BCUT2D eigenvalue weighted by atomic mass is 79.9. The van der Waals surface area contributed by atoms with E-state index in [-0.39, 0.29) is 0 Å². The maximum atomic E-state index is 13.2. The monoisotopic (exact) mass is 441 g/mol. The van der Waals surface area contributed by atoms with Crippen LogP contribution in [0.25, 0.3) is 0 Å². The number of hydrogen-bond donors (Lipinski definition) is 0. The summed E-state index contributed by atoms with van der Waals surface area (Å²) in [5, 5.41) is 0. The lowest BCUT2D eigenvalue weighted by Gasteiger charge is -2.34. The summed E-state index contributed by atoms with van der Waals surface area (Å²) < 4.78 is 37.4. The Hall–Kier alpha value is -1.13. The molecule has 24 heavy (non-hydrogen) atoms. The van der Waals surface area contributed by atoms with Crippen LogP contribution in [0.2, 0.25) is 0 Å². The average Bonchev–Trinajstić information content (AvgIpc) is 3.25. The van der Waals surface area contributed by atoms with Crippen LogP contribution in [0.5, 0.6) is 0 Å². The minimum absolute atomic E-state index is 0.335. The Morgan fingerprint density at radius 2 is 2.04 bits per heavy atom. The number of fused-ring (bicyclic) bond motifs is 1. The van der Waals surface area contributed by atoms with Crippen molar-refractivity contribution in [1.82, 2.24) is 13.1 Å². The van der Waals surface area contributed by atoms with Crippen molar-refractivity contribution in [2.45, 2.75) is 16.7 Å². The van der Waals surface area contributed by atoms with Crippen LogP contribution in [0, 0.1) is 0 Å². The number of aromatic nitrogens is 2. The summed E-state index contributed by atoms with van der Waals surface area (Å²) >= 11 is 5.66. The van der Waals surface area contributed by atoms with Gasteiger partial charge in [-0.25, -0.2) is 8.42 Å². The summed E-state index contributed by atoms with van der Waals surface area (Å²) in [5.74, 6) is 0. The first-order valence-electron chi connectivity index (χ1n) is 7.20. The molecule has 0 N–H and O–H groups in total. The molecule has 3 heterocycles. The summed E-state index contributed by atoms with van der Waals surface area (Å²) in [6, 6.07) is 10.9. The van der Waals surface area contributed by atoms with Gasteiger partial charge in [-0.05, 0) is 45.6 Å². The van der Waals surface area contributed by atoms with Gasteiger partial charge in [-0.2, -0.15) is 13.1 Å². The topological polar surface area (TPSA) is 63.2 Å². The molecule has 0 saturated carbocycles. The molecule has 1 unspecified atom stereocenters. The van der Waals surface area contributed by atoms with E-state index >= 15 is 0 Å². The van der Waals surface area contributed by atoms with E-state index in [1.807, 2.05) is 24.3 Å². The Labute approximate surface area is 156 Å². The van der Waals surface area contributed by atoms with Gasteiger partial charge in [0.25, 0.3) is 10.0 Å². The number of benzene rings is 1. The van der Waals surface area contributed by atoms with Crippen LogP contribution >= 0.6 is 39.0 Å². The lowest BCUT2D eigenvalue weighted by atomic mass is 9.93. The normalized spacial score (nSPS) is 18.5. The van der Waals surface area contributed by atoms with Gasteiger partial charge < -0.3 is 0 Å². The fourth-order valence-corrected chi connectivity index (χ4v) is 7.12. The molecule has 1 atom stereocenters. The van der Waals surface area contributed by atoms with E-state index in [9.17, 15) is 8.42 Å². The van der Waals surface area contributed by atoms with Crippen LogP contribution in [0.4, 0.5) is 0 Å². The third kappa shape index (κ3) is 2.74. The van der Waals surface area contributed by atoms with Crippen molar-refractivity contribution in [3.8, 4) is 0 Å². The standard InChI is InChI=1S/C15H12BrN3O2S3/c16-13-5-6-14(22-13)24(20,21)19-8-7-10-3-1-2-4-11(10)15(19)12-9-17-23-18-12/h1-6,9,15H,7-8H2. The molecule has 5 nitrogen and oxygen atoms in total. The maximum Gasteiger partial charge on any atom is 0.253 e. The molecule has 0 radical (unpaired) electrons. The first kappa shape index (κ1) is 16.3. The number of nitrogens with zero attached hydrogens (tertiary/aromatic N) is 3. The summed E-state index contributed by atoms with van der Waals surface area (Å²) in [5.41, 5.74) is 2.82. The summed E-state index contributed by atoms with van der Waals surface area (Å²) in [7, 11) is -3.60. The summed E-state index contributed by atoms with van der Waals surface area (Å²) in [6.07, 6.45) is 2.35. The highest BCUT2D eigenvalue weighted by Gasteiger charge is 2.39. The predicted molar refractivity (Wildman–Crippen MR) is 97.8 cm³/mol. The van der Waals surface area contributed by atoms with Gasteiger partial charge in [0.05, 0.1) is 33.4 Å². The van der Waals surface area contributed by atoms with Gasteiger partial charge in [-0.1, -0.05) is 24.3 Å². The van der Waals surface area contributed by atoms with E-state index in [1.165, 1.54) is 11.3 Å². The van der Waals surface area contributed by atoms with Gasteiger partial charge in [0.15, 0.2) is 0 Å². The number of sulfonamides is 1. The van der Waals surface area contributed by atoms with Crippen LogP contribution < -0.4 is 0 Å². The zero-order valence-electron chi connectivity index (χ0n) is 12.3. The molecule has 1 aliphatic rings. The molecule has 1 aliphatic heterocycles. The molecule has 9 heteroatoms. The van der Waals surface area contributed by atoms with Crippen molar-refractivity contribution in [2.24, 2.45) is 0 Å². The Balaban J connectivity index is 1.86. The minimum atomic E-state index is -3.60. The molecule has 4 rings (SSSR count). The number of hydrogen-bond acceptors (Lipinski definition) is 6. The third-order valence-electron chi connectivity index (χ3n) is 4.01. The highest BCUT2D eigenvalue weighted by molar-refractivity contribution is 9.11. The Kier molecular flexibility index (Phi) is 4.29. The second-order valence-electron chi connectivity index (χ2n) is 5.36. The van der Waals surface area contributed by atoms with Crippen molar-refractivity contribution in [3.63, 3.8) is 0 Å². The Morgan fingerprint density at radius 1 is 1.21 bits per heavy atom. The van der Waals surface area contributed by atoms with Crippen LogP contribution in [0.15, 0.2) is 50.6 Å². The zero-order chi connectivity index (χ0) is 16.7. The van der Waals surface area contributed by atoms with Gasteiger partial charge in [-0.15, -0.1) is 11.3 Å². The van der Waals surface area contributed by atoms with Crippen molar-refractivity contribution in [1.29, 1.82) is 0 Å². The van der Waals surface area contributed by atoms with Crippen LogP contribution in [0.1, 0.15) is 22.9 Å². The molecule has 2 aromatic heterocycles. The lowest BCUT2D eigenvalue weighted by Crippen LogP contribution is -2.40. The zero-order valence-corrected chi connectivity index (χ0v) is 16.3. The van der Waals surface area contributed by atoms with Crippen LogP contribution in [0.3, 0.4) is 0 Å². The fourth-order valence-electron chi connectivity index (χ4n) is 2.95.